The maximum Gasteiger partial charge on any atom is 0.253 e. The highest BCUT2D eigenvalue weighted by atomic mass is 32.2. The standard InChI is InChI=1S/C23H37N3O3S/c1-3-26(4-2)30(28,29)22-13-8-12-21(18-22)23(27)25-15-9-14-24(16-17-25)19-20-10-6-5-7-11-20/h8,12-13,18,20H,3-7,9-11,14-17,19H2,1-2H3. The molecule has 0 bridgehead atoms. The molecular weight excluding hydrogens is 398 g/mol. The predicted molar refractivity (Wildman–Crippen MR) is 120 cm³/mol. The van der Waals surface area contributed by atoms with Gasteiger partial charge in [0.15, 0.2) is 0 Å². The van der Waals surface area contributed by atoms with E-state index < -0.39 is 10.0 Å². The quantitative estimate of drug-likeness (QED) is 0.658. The Morgan fingerprint density at radius 1 is 1.00 bits per heavy atom. The molecule has 0 spiro atoms. The molecule has 1 heterocycles. The first-order chi connectivity index (χ1) is 14.5. The van der Waals surface area contributed by atoms with Crippen LogP contribution in [0.25, 0.3) is 0 Å². The van der Waals surface area contributed by atoms with Gasteiger partial charge in [0, 0.05) is 44.8 Å². The van der Waals surface area contributed by atoms with E-state index in [9.17, 15) is 13.2 Å². The van der Waals surface area contributed by atoms with Crippen LogP contribution in [-0.2, 0) is 10.0 Å². The van der Waals surface area contributed by atoms with E-state index in [4.69, 9.17) is 0 Å². The van der Waals surface area contributed by atoms with Crippen LogP contribution in [-0.4, -0.2) is 74.2 Å². The fraction of sp³-hybridized carbons (Fsp3) is 0.696. The lowest BCUT2D eigenvalue weighted by Gasteiger charge is -2.28. The number of nitrogens with zero attached hydrogens (tertiary/aromatic N) is 3. The summed E-state index contributed by atoms with van der Waals surface area (Å²) in [6.07, 6.45) is 7.74. The van der Waals surface area contributed by atoms with Crippen LogP contribution in [0.3, 0.4) is 0 Å². The zero-order valence-electron chi connectivity index (χ0n) is 18.6. The van der Waals surface area contributed by atoms with Crippen molar-refractivity contribution in [2.45, 2.75) is 57.3 Å². The van der Waals surface area contributed by atoms with E-state index in [2.05, 4.69) is 4.90 Å². The summed E-state index contributed by atoms with van der Waals surface area (Å²) >= 11 is 0. The molecule has 0 aromatic heterocycles. The number of carbonyl (C=O) groups is 1. The van der Waals surface area contributed by atoms with Crippen molar-refractivity contribution in [2.75, 3.05) is 45.8 Å². The molecule has 1 aromatic carbocycles. The van der Waals surface area contributed by atoms with E-state index in [-0.39, 0.29) is 10.8 Å². The molecule has 0 N–H and O–H groups in total. The number of hydrogen-bond acceptors (Lipinski definition) is 4. The lowest BCUT2D eigenvalue weighted by atomic mass is 9.89. The molecule has 168 valence electrons. The van der Waals surface area contributed by atoms with E-state index in [1.807, 2.05) is 18.7 Å². The molecule has 0 atom stereocenters. The van der Waals surface area contributed by atoms with E-state index in [0.29, 0.717) is 25.2 Å². The molecule has 6 nitrogen and oxygen atoms in total. The van der Waals surface area contributed by atoms with Crippen LogP contribution in [0.2, 0.25) is 0 Å². The van der Waals surface area contributed by atoms with Crippen molar-refractivity contribution in [1.82, 2.24) is 14.1 Å². The lowest BCUT2D eigenvalue weighted by Crippen LogP contribution is -2.37. The monoisotopic (exact) mass is 435 g/mol. The lowest BCUT2D eigenvalue weighted by molar-refractivity contribution is 0.0759. The van der Waals surface area contributed by atoms with Crippen LogP contribution in [0.4, 0.5) is 0 Å². The molecule has 1 aliphatic carbocycles. The molecule has 1 saturated heterocycles. The Bertz CT molecular complexity index is 802. The number of carbonyl (C=O) groups excluding carboxylic acids is 1. The first-order valence-electron chi connectivity index (χ1n) is 11.6. The van der Waals surface area contributed by atoms with E-state index in [1.165, 1.54) is 36.4 Å². The van der Waals surface area contributed by atoms with Crippen molar-refractivity contribution in [3.8, 4) is 0 Å². The van der Waals surface area contributed by atoms with Gasteiger partial charge in [-0.2, -0.15) is 4.31 Å². The molecule has 1 amide bonds. The van der Waals surface area contributed by atoms with Gasteiger partial charge in [-0.25, -0.2) is 8.42 Å². The molecule has 30 heavy (non-hydrogen) atoms. The summed E-state index contributed by atoms with van der Waals surface area (Å²) in [5.41, 5.74) is 0.462. The predicted octanol–water partition coefficient (Wildman–Crippen LogP) is 3.45. The number of benzene rings is 1. The van der Waals surface area contributed by atoms with Crippen LogP contribution in [0, 0.1) is 5.92 Å². The second kappa shape index (κ2) is 10.7. The number of sulfonamides is 1. The minimum atomic E-state index is -3.57. The summed E-state index contributed by atoms with van der Waals surface area (Å²) in [4.78, 5) is 17.7. The Kier molecular flexibility index (Phi) is 8.31. The maximum absolute atomic E-state index is 13.1. The normalized spacial score (nSPS) is 19.8. The van der Waals surface area contributed by atoms with Gasteiger partial charge in [0.2, 0.25) is 10.0 Å². The fourth-order valence-electron chi connectivity index (χ4n) is 4.78. The minimum absolute atomic E-state index is 0.0638. The van der Waals surface area contributed by atoms with Crippen molar-refractivity contribution in [3.63, 3.8) is 0 Å². The molecular formula is C23H37N3O3S. The highest BCUT2D eigenvalue weighted by Crippen LogP contribution is 2.25. The van der Waals surface area contributed by atoms with Gasteiger partial charge >= 0.3 is 0 Å². The zero-order chi connectivity index (χ0) is 21.6. The SMILES string of the molecule is CCN(CC)S(=O)(=O)c1cccc(C(=O)N2CCCN(CC3CCCCC3)CC2)c1. The third-order valence-electron chi connectivity index (χ3n) is 6.54. The summed E-state index contributed by atoms with van der Waals surface area (Å²) in [5, 5.41) is 0. The second-order valence-corrected chi connectivity index (χ2v) is 10.5. The summed E-state index contributed by atoms with van der Waals surface area (Å²) < 4.78 is 27.1. The summed E-state index contributed by atoms with van der Waals surface area (Å²) in [7, 11) is -3.57. The summed E-state index contributed by atoms with van der Waals surface area (Å²) in [6.45, 7) is 9.01. The van der Waals surface area contributed by atoms with E-state index >= 15 is 0 Å². The fourth-order valence-corrected chi connectivity index (χ4v) is 6.28. The molecule has 1 saturated carbocycles. The van der Waals surface area contributed by atoms with Gasteiger partial charge in [0.25, 0.3) is 5.91 Å². The van der Waals surface area contributed by atoms with Crippen molar-refractivity contribution in [2.24, 2.45) is 5.92 Å². The Morgan fingerprint density at radius 3 is 2.43 bits per heavy atom. The molecule has 0 unspecified atom stereocenters. The topological polar surface area (TPSA) is 60.9 Å². The van der Waals surface area contributed by atoms with Crippen LogP contribution >= 0.6 is 0 Å². The minimum Gasteiger partial charge on any atom is -0.337 e. The van der Waals surface area contributed by atoms with Crippen molar-refractivity contribution < 1.29 is 13.2 Å². The third-order valence-corrected chi connectivity index (χ3v) is 8.59. The molecule has 3 rings (SSSR count). The van der Waals surface area contributed by atoms with E-state index in [1.54, 1.807) is 24.3 Å². The van der Waals surface area contributed by atoms with Crippen LogP contribution in [0.1, 0.15) is 62.7 Å². The molecule has 1 aromatic rings. The molecule has 0 radical (unpaired) electrons. The van der Waals surface area contributed by atoms with Gasteiger partial charge in [-0.1, -0.05) is 39.2 Å². The second-order valence-electron chi connectivity index (χ2n) is 8.57. The zero-order valence-corrected chi connectivity index (χ0v) is 19.4. The van der Waals surface area contributed by atoms with Gasteiger partial charge in [-0.15, -0.1) is 0 Å². The van der Waals surface area contributed by atoms with Crippen molar-refractivity contribution in [3.05, 3.63) is 29.8 Å². The third kappa shape index (κ3) is 5.62. The first-order valence-corrected chi connectivity index (χ1v) is 13.0. The van der Waals surface area contributed by atoms with Gasteiger partial charge in [0.05, 0.1) is 4.90 Å². The Hall–Kier alpha value is -1.44. The van der Waals surface area contributed by atoms with Gasteiger partial charge in [-0.05, 0) is 49.9 Å². The van der Waals surface area contributed by atoms with Crippen molar-refractivity contribution in [1.29, 1.82) is 0 Å². The average molecular weight is 436 g/mol. The van der Waals surface area contributed by atoms with Gasteiger partial charge < -0.3 is 9.80 Å². The maximum atomic E-state index is 13.1. The molecule has 2 aliphatic rings. The summed E-state index contributed by atoms with van der Waals surface area (Å²) in [5.74, 6) is 0.745. The van der Waals surface area contributed by atoms with E-state index in [0.717, 1.165) is 38.5 Å². The largest absolute Gasteiger partial charge is 0.337 e. The Labute approximate surface area is 182 Å². The molecule has 1 aliphatic heterocycles. The van der Waals surface area contributed by atoms with Gasteiger partial charge in [-0.3, -0.25) is 4.79 Å². The van der Waals surface area contributed by atoms with Crippen LogP contribution in [0.15, 0.2) is 29.2 Å². The first kappa shape index (κ1) is 23.2. The number of amides is 1. The highest BCUT2D eigenvalue weighted by molar-refractivity contribution is 7.89. The Balaban J connectivity index is 1.65. The molecule has 7 heteroatoms. The Morgan fingerprint density at radius 2 is 1.73 bits per heavy atom. The average Bonchev–Trinajstić information content (AvgIpc) is 3.00. The van der Waals surface area contributed by atoms with Crippen LogP contribution < -0.4 is 0 Å². The number of rotatable bonds is 7. The van der Waals surface area contributed by atoms with Crippen molar-refractivity contribution >= 4 is 15.9 Å². The highest BCUT2D eigenvalue weighted by Gasteiger charge is 2.25. The number of hydrogen-bond donors (Lipinski definition) is 0. The molecule has 2 fully saturated rings. The summed E-state index contributed by atoms with van der Waals surface area (Å²) in [6, 6.07) is 6.53. The van der Waals surface area contributed by atoms with Crippen LogP contribution in [0.5, 0.6) is 0 Å². The van der Waals surface area contributed by atoms with Gasteiger partial charge in [0.1, 0.15) is 0 Å². The smallest absolute Gasteiger partial charge is 0.253 e.